The summed E-state index contributed by atoms with van der Waals surface area (Å²) in [6.45, 7) is 5.50. The maximum absolute atomic E-state index is 13.0. The fraction of sp³-hybridized carbons (Fsp3) is 0.273. The molecule has 0 N–H and O–H groups in total. The van der Waals surface area contributed by atoms with E-state index >= 15 is 0 Å². The zero-order chi connectivity index (χ0) is 9.40. The molecule has 0 spiro atoms. The van der Waals surface area contributed by atoms with Gasteiger partial charge in [-0.05, 0) is 32.4 Å². The van der Waals surface area contributed by atoms with Crippen LogP contribution in [0.2, 0.25) is 0 Å². The Morgan fingerprint density at radius 3 is 2.00 bits per heavy atom. The second-order valence-electron chi connectivity index (χ2n) is 2.42. The Morgan fingerprint density at radius 1 is 1.00 bits per heavy atom. The minimum absolute atomic E-state index is 0.189. The summed E-state index contributed by atoms with van der Waals surface area (Å²) in [6.07, 6.45) is 10.4. The van der Waals surface area contributed by atoms with Gasteiger partial charge < -0.3 is 0 Å². The van der Waals surface area contributed by atoms with E-state index in [4.69, 9.17) is 0 Å². The number of rotatable bonds is 3. The highest BCUT2D eigenvalue weighted by Crippen LogP contribution is 2.10. The molecular formula is C11H15F. The molecule has 0 aliphatic rings. The predicted octanol–water partition coefficient (Wildman–Crippen LogP) is 3.94. The van der Waals surface area contributed by atoms with Gasteiger partial charge in [-0.2, -0.15) is 0 Å². The molecule has 0 aromatic rings. The van der Waals surface area contributed by atoms with Gasteiger partial charge in [0, 0.05) is 0 Å². The maximum atomic E-state index is 13.0. The Hall–Kier alpha value is -1.11. The van der Waals surface area contributed by atoms with Crippen LogP contribution in [-0.2, 0) is 0 Å². The van der Waals surface area contributed by atoms with Crippen LogP contribution in [0.15, 0.2) is 47.9 Å². The van der Waals surface area contributed by atoms with Gasteiger partial charge in [0.15, 0.2) is 0 Å². The molecule has 0 amide bonds. The van der Waals surface area contributed by atoms with Crippen LogP contribution in [-0.4, -0.2) is 0 Å². The van der Waals surface area contributed by atoms with Crippen molar-refractivity contribution in [3.05, 3.63) is 47.9 Å². The van der Waals surface area contributed by atoms with E-state index in [0.29, 0.717) is 5.57 Å². The van der Waals surface area contributed by atoms with Gasteiger partial charge in [-0.1, -0.05) is 30.4 Å². The van der Waals surface area contributed by atoms with Crippen molar-refractivity contribution in [3.8, 4) is 0 Å². The fourth-order valence-corrected chi connectivity index (χ4v) is 0.632. The van der Waals surface area contributed by atoms with Crippen molar-refractivity contribution < 1.29 is 4.39 Å². The quantitative estimate of drug-likeness (QED) is 0.557. The Bertz CT molecular complexity index is 203. The van der Waals surface area contributed by atoms with Crippen LogP contribution >= 0.6 is 0 Å². The maximum Gasteiger partial charge on any atom is 0.126 e. The zero-order valence-corrected chi connectivity index (χ0v) is 7.84. The monoisotopic (exact) mass is 166 g/mol. The average molecular weight is 166 g/mol. The topological polar surface area (TPSA) is 0 Å². The highest BCUT2D eigenvalue weighted by Gasteiger charge is 1.92. The fourth-order valence-electron chi connectivity index (χ4n) is 0.632. The van der Waals surface area contributed by atoms with Crippen LogP contribution in [0.1, 0.15) is 20.8 Å². The second kappa shape index (κ2) is 6.59. The summed E-state index contributed by atoms with van der Waals surface area (Å²) in [5, 5.41) is 0. The summed E-state index contributed by atoms with van der Waals surface area (Å²) in [6, 6.07) is 0. The highest BCUT2D eigenvalue weighted by molar-refractivity contribution is 5.29. The molecule has 1 heteroatoms. The number of hydrogen-bond donors (Lipinski definition) is 0. The lowest BCUT2D eigenvalue weighted by atomic mass is 10.2. The lowest BCUT2D eigenvalue weighted by Crippen LogP contribution is -1.74. The predicted molar refractivity (Wildman–Crippen MR) is 52.6 cm³/mol. The van der Waals surface area contributed by atoms with Crippen molar-refractivity contribution in [1.82, 2.24) is 0 Å². The number of allylic oxidation sites excluding steroid dienone is 8. The van der Waals surface area contributed by atoms with Gasteiger partial charge in [-0.25, -0.2) is 4.39 Å². The first kappa shape index (κ1) is 10.9. The molecule has 0 heterocycles. The molecule has 0 saturated heterocycles. The zero-order valence-electron chi connectivity index (χ0n) is 7.84. The van der Waals surface area contributed by atoms with E-state index in [1.807, 2.05) is 26.0 Å². The van der Waals surface area contributed by atoms with E-state index in [1.165, 1.54) is 6.08 Å². The van der Waals surface area contributed by atoms with Gasteiger partial charge in [0.25, 0.3) is 0 Å². The summed E-state index contributed by atoms with van der Waals surface area (Å²) >= 11 is 0. The van der Waals surface area contributed by atoms with Crippen LogP contribution in [0, 0.1) is 0 Å². The lowest BCUT2D eigenvalue weighted by Gasteiger charge is -1.92. The molecule has 0 aromatic carbocycles. The first-order valence-electron chi connectivity index (χ1n) is 4.00. The molecule has 0 aliphatic carbocycles. The van der Waals surface area contributed by atoms with Gasteiger partial charge in [0.2, 0.25) is 0 Å². The summed E-state index contributed by atoms with van der Waals surface area (Å²) in [5.41, 5.74) is 0.645. The molecule has 0 saturated carbocycles. The molecule has 0 fully saturated rings. The summed E-state index contributed by atoms with van der Waals surface area (Å²) in [5.74, 6) is -0.189. The molecule has 0 aromatic heterocycles. The van der Waals surface area contributed by atoms with E-state index in [2.05, 4.69) is 0 Å². The first-order chi connectivity index (χ1) is 5.72. The third-order valence-corrected chi connectivity index (χ3v) is 1.35. The average Bonchev–Trinajstić information content (AvgIpc) is 2.10. The normalized spacial score (nSPS) is 15.0. The third-order valence-electron chi connectivity index (χ3n) is 1.35. The molecule has 0 rings (SSSR count). The molecule has 0 radical (unpaired) electrons. The van der Waals surface area contributed by atoms with Crippen LogP contribution in [0.3, 0.4) is 0 Å². The van der Waals surface area contributed by atoms with Crippen LogP contribution in [0.5, 0.6) is 0 Å². The molecular weight excluding hydrogens is 151 g/mol. The van der Waals surface area contributed by atoms with E-state index in [9.17, 15) is 4.39 Å². The van der Waals surface area contributed by atoms with Gasteiger partial charge in [-0.3, -0.25) is 0 Å². The van der Waals surface area contributed by atoms with Gasteiger partial charge in [0.1, 0.15) is 5.83 Å². The van der Waals surface area contributed by atoms with Crippen LogP contribution in [0.4, 0.5) is 4.39 Å². The Labute approximate surface area is 73.8 Å². The van der Waals surface area contributed by atoms with Crippen molar-refractivity contribution in [2.75, 3.05) is 0 Å². The summed E-state index contributed by atoms with van der Waals surface area (Å²) in [4.78, 5) is 0. The van der Waals surface area contributed by atoms with Crippen molar-refractivity contribution in [2.45, 2.75) is 20.8 Å². The van der Waals surface area contributed by atoms with Crippen molar-refractivity contribution in [3.63, 3.8) is 0 Å². The molecule has 0 bridgehead atoms. The molecule has 66 valence electrons. The number of halogens is 1. The van der Waals surface area contributed by atoms with Gasteiger partial charge in [-0.15, -0.1) is 0 Å². The Balaban J connectivity index is 4.36. The largest absolute Gasteiger partial charge is 0.207 e. The van der Waals surface area contributed by atoms with E-state index in [-0.39, 0.29) is 5.83 Å². The smallest absolute Gasteiger partial charge is 0.126 e. The highest BCUT2D eigenvalue weighted by atomic mass is 19.1. The Morgan fingerprint density at radius 2 is 1.50 bits per heavy atom. The molecule has 0 nitrogen and oxygen atoms in total. The Kier molecular flexibility index (Phi) is 5.98. The number of hydrogen-bond acceptors (Lipinski definition) is 0. The lowest BCUT2D eigenvalue weighted by molar-refractivity contribution is 0.652. The van der Waals surface area contributed by atoms with Crippen LogP contribution in [0.25, 0.3) is 0 Å². The molecule has 0 aliphatic heterocycles. The summed E-state index contributed by atoms with van der Waals surface area (Å²) in [7, 11) is 0. The van der Waals surface area contributed by atoms with Gasteiger partial charge in [0.05, 0.1) is 0 Å². The minimum Gasteiger partial charge on any atom is -0.207 e. The van der Waals surface area contributed by atoms with Crippen molar-refractivity contribution in [2.24, 2.45) is 0 Å². The van der Waals surface area contributed by atoms with E-state index < -0.39 is 0 Å². The second-order valence-corrected chi connectivity index (χ2v) is 2.42. The first-order valence-corrected chi connectivity index (χ1v) is 4.00. The molecule has 0 atom stereocenters. The van der Waals surface area contributed by atoms with Gasteiger partial charge >= 0.3 is 0 Å². The van der Waals surface area contributed by atoms with Crippen LogP contribution < -0.4 is 0 Å². The minimum atomic E-state index is -0.189. The molecule has 12 heavy (non-hydrogen) atoms. The SMILES string of the molecule is C\C=C/C=C(C)/C(F)=C\C=C/C. The van der Waals surface area contributed by atoms with Crippen molar-refractivity contribution in [1.29, 1.82) is 0 Å². The summed E-state index contributed by atoms with van der Waals surface area (Å²) < 4.78 is 13.0. The molecule has 0 unspecified atom stereocenters. The van der Waals surface area contributed by atoms with E-state index in [0.717, 1.165) is 0 Å². The van der Waals surface area contributed by atoms with E-state index in [1.54, 1.807) is 25.2 Å². The van der Waals surface area contributed by atoms with Crippen molar-refractivity contribution >= 4 is 0 Å². The third kappa shape index (κ3) is 4.67. The standard InChI is InChI=1S/C11H15F/c1-4-6-8-10(3)11(12)9-7-5-2/h4-9H,1-3H3/b6-4-,7-5-,10-8+,11-9+.